The molecule has 1 N–H and O–H groups in total. The summed E-state index contributed by atoms with van der Waals surface area (Å²) in [5, 5.41) is 10.2. The molecule has 0 amide bonds. The molecule has 0 aliphatic heterocycles. The number of rotatable bonds is 1. The molecule has 1 unspecified atom stereocenters. The molecule has 190 valence electrons. The Morgan fingerprint density at radius 1 is 1.00 bits per heavy atom. The van der Waals surface area contributed by atoms with E-state index >= 15 is 0 Å². The SMILES string of the molecule is [C-]#[N+]C1=C[C@]2(C)C3=CC(=O)[C@@H]4[C@@H]5CC(C)(CO)CC[C@]5(C)CC[C@@]4(C)[C@]3(C)CC[C@H]2C(C)(C)C1=O. The molecule has 0 aromatic heterocycles. The third kappa shape index (κ3) is 2.94. The molecule has 35 heavy (non-hydrogen) atoms. The molecule has 5 aliphatic rings. The standard InChI is InChI=1S/C31H43NO3/c1-26(2)22-9-10-30(6)23(29(22,5)17-20(32-8)25(26)35)15-21(34)24-19-16-27(3,18-33)11-12-28(19,4)13-14-31(24,30)7/h15,17,19,22,24,33H,9-14,16,18H2,1-7H3/t19-,22-,24-,27?,28+,29-,30+,31+/m0/s1. The maximum absolute atomic E-state index is 14.2. The zero-order valence-electron chi connectivity index (χ0n) is 22.8. The van der Waals surface area contributed by atoms with Gasteiger partial charge < -0.3 is 9.90 Å². The maximum atomic E-state index is 14.2. The van der Waals surface area contributed by atoms with Crippen molar-refractivity contribution in [1.29, 1.82) is 0 Å². The van der Waals surface area contributed by atoms with Crippen LogP contribution in [0.1, 0.15) is 93.4 Å². The summed E-state index contributed by atoms with van der Waals surface area (Å²) in [6.45, 7) is 23.4. The number of Topliss-reactive ketones (excluding diaryl/α,β-unsaturated/α-hetero) is 1. The number of aliphatic hydroxyl groups excluding tert-OH is 1. The van der Waals surface area contributed by atoms with Crippen molar-refractivity contribution in [2.24, 2.45) is 50.2 Å². The van der Waals surface area contributed by atoms with Gasteiger partial charge in [-0.3, -0.25) is 4.79 Å². The molecule has 4 heteroatoms. The average molecular weight is 478 g/mol. The van der Waals surface area contributed by atoms with Crippen molar-refractivity contribution in [3.63, 3.8) is 0 Å². The van der Waals surface area contributed by atoms with Crippen LogP contribution in [0.15, 0.2) is 23.4 Å². The van der Waals surface area contributed by atoms with E-state index in [2.05, 4.69) is 39.5 Å². The molecule has 5 aliphatic carbocycles. The van der Waals surface area contributed by atoms with Gasteiger partial charge in [0, 0.05) is 23.4 Å². The van der Waals surface area contributed by atoms with Crippen LogP contribution in [0.3, 0.4) is 0 Å². The van der Waals surface area contributed by atoms with Crippen molar-refractivity contribution in [3.05, 3.63) is 34.8 Å². The number of fused-ring (bicyclic) bond motifs is 7. The summed E-state index contributed by atoms with van der Waals surface area (Å²) >= 11 is 0. The molecule has 8 atom stereocenters. The first-order valence-corrected chi connectivity index (χ1v) is 13.6. The summed E-state index contributed by atoms with van der Waals surface area (Å²) < 4.78 is 0. The van der Waals surface area contributed by atoms with Crippen LogP contribution in [0.25, 0.3) is 4.85 Å². The first kappa shape index (κ1) is 24.9. The van der Waals surface area contributed by atoms with Crippen LogP contribution in [-0.2, 0) is 9.59 Å². The monoisotopic (exact) mass is 477 g/mol. The summed E-state index contributed by atoms with van der Waals surface area (Å²) in [5.74, 6) is 0.514. The van der Waals surface area contributed by atoms with Crippen molar-refractivity contribution in [2.45, 2.75) is 93.4 Å². The van der Waals surface area contributed by atoms with E-state index in [-0.39, 0.29) is 63.3 Å². The molecule has 0 spiro atoms. The fourth-order valence-corrected chi connectivity index (χ4v) is 9.90. The maximum Gasteiger partial charge on any atom is 0.226 e. The Labute approximate surface area is 211 Å². The Kier molecular flexibility index (Phi) is 5.12. The number of carbonyl (C=O) groups is 2. The molecule has 0 saturated heterocycles. The predicted octanol–water partition coefficient (Wildman–Crippen LogP) is 6.55. The van der Waals surface area contributed by atoms with Crippen LogP contribution in [0, 0.1) is 56.8 Å². The zero-order valence-corrected chi connectivity index (χ0v) is 22.8. The normalized spacial score (nSPS) is 50.5. The number of allylic oxidation sites excluding steroid dienone is 4. The van der Waals surface area contributed by atoms with Crippen LogP contribution in [0.2, 0.25) is 0 Å². The van der Waals surface area contributed by atoms with E-state index in [1.165, 1.54) is 0 Å². The van der Waals surface area contributed by atoms with Gasteiger partial charge in [0.2, 0.25) is 5.70 Å². The van der Waals surface area contributed by atoms with Crippen LogP contribution >= 0.6 is 0 Å². The average Bonchev–Trinajstić information content (AvgIpc) is 2.79. The van der Waals surface area contributed by atoms with Gasteiger partial charge in [0.1, 0.15) is 0 Å². The lowest BCUT2D eigenvalue weighted by molar-refractivity contribution is -0.171. The second-order valence-electron chi connectivity index (χ2n) is 14.7. The van der Waals surface area contributed by atoms with Crippen molar-refractivity contribution in [2.75, 3.05) is 6.61 Å². The number of ketones is 2. The number of nitrogens with zero attached hydrogens (tertiary/aromatic N) is 1. The van der Waals surface area contributed by atoms with E-state index in [1.54, 1.807) is 0 Å². The molecule has 3 saturated carbocycles. The lowest BCUT2D eigenvalue weighted by Crippen LogP contribution is -2.64. The molecule has 0 aromatic carbocycles. The molecule has 0 aromatic rings. The van der Waals surface area contributed by atoms with E-state index in [4.69, 9.17) is 6.57 Å². The van der Waals surface area contributed by atoms with Gasteiger partial charge in [-0.1, -0.05) is 60.1 Å². The first-order valence-electron chi connectivity index (χ1n) is 13.6. The molecule has 0 heterocycles. The van der Waals surface area contributed by atoms with E-state index in [1.807, 2.05) is 26.0 Å². The third-order valence-corrected chi connectivity index (χ3v) is 12.5. The largest absolute Gasteiger partial charge is 0.396 e. The van der Waals surface area contributed by atoms with E-state index in [9.17, 15) is 14.7 Å². The molecular formula is C31H43NO3. The van der Waals surface area contributed by atoms with E-state index in [0.29, 0.717) is 0 Å². The minimum atomic E-state index is -0.621. The van der Waals surface area contributed by atoms with Crippen molar-refractivity contribution in [1.82, 2.24) is 0 Å². The van der Waals surface area contributed by atoms with Crippen LogP contribution < -0.4 is 0 Å². The van der Waals surface area contributed by atoms with E-state index < -0.39 is 10.8 Å². The quantitative estimate of drug-likeness (QED) is 0.436. The Hall–Kier alpha value is -1.73. The summed E-state index contributed by atoms with van der Waals surface area (Å²) in [6, 6.07) is 0. The highest BCUT2D eigenvalue weighted by molar-refractivity contribution is 6.03. The molecule has 3 fully saturated rings. The van der Waals surface area contributed by atoms with Gasteiger partial charge in [-0.25, -0.2) is 4.85 Å². The van der Waals surface area contributed by atoms with Crippen LogP contribution in [0.4, 0.5) is 0 Å². The first-order chi connectivity index (χ1) is 16.1. The van der Waals surface area contributed by atoms with Gasteiger partial charge in [0.15, 0.2) is 11.6 Å². The van der Waals surface area contributed by atoms with Gasteiger partial charge in [0.25, 0.3) is 0 Å². The number of carbonyl (C=O) groups excluding carboxylic acids is 2. The highest BCUT2D eigenvalue weighted by Crippen LogP contribution is 2.74. The highest BCUT2D eigenvalue weighted by Gasteiger charge is 2.69. The van der Waals surface area contributed by atoms with Crippen molar-refractivity contribution < 1.29 is 14.7 Å². The molecule has 5 rings (SSSR count). The van der Waals surface area contributed by atoms with E-state index in [0.717, 1.165) is 50.5 Å². The zero-order chi connectivity index (χ0) is 25.8. The second-order valence-corrected chi connectivity index (χ2v) is 14.7. The Morgan fingerprint density at radius 3 is 2.29 bits per heavy atom. The Balaban J connectivity index is 1.68. The topological polar surface area (TPSA) is 58.7 Å². The van der Waals surface area contributed by atoms with Gasteiger partial charge in [-0.15, -0.1) is 0 Å². The number of aliphatic hydroxyl groups is 1. The minimum Gasteiger partial charge on any atom is -0.396 e. The molecule has 0 bridgehead atoms. The van der Waals surface area contributed by atoms with Gasteiger partial charge in [-0.05, 0) is 84.5 Å². The fourth-order valence-electron chi connectivity index (χ4n) is 9.90. The summed E-state index contributed by atoms with van der Waals surface area (Å²) in [5.41, 5.74) is 0.0108. The lowest BCUT2D eigenvalue weighted by atomic mass is 9.34. The molecule has 4 nitrogen and oxygen atoms in total. The number of hydrogen-bond acceptors (Lipinski definition) is 3. The predicted molar refractivity (Wildman–Crippen MR) is 137 cm³/mol. The van der Waals surface area contributed by atoms with Gasteiger partial charge in [-0.2, -0.15) is 0 Å². The highest BCUT2D eigenvalue weighted by atomic mass is 16.3. The lowest BCUT2D eigenvalue weighted by Gasteiger charge is -2.69. The Bertz CT molecular complexity index is 1110. The van der Waals surface area contributed by atoms with Gasteiger partial charge in [0.05, 0.1) is 6.57 Å². The van der Waals surface area contributed by atoms with Crippen LogP contribution in [-0.4, -0.2) is 23.3 Å². The fraction of sp³-hybridized carbons (Fsp3) is 0.774. The Morgan fingerprint density at radius 2 is 1.66 bits per heavy atom. The molecule has 0 radical (unpaired) electrons. The summed E-state index contributed by atoms with van der Waals surface area (Å²) in [6.07, 6.45) is 11.0. The van der Waals surface area contributed by atoms with Crippen molar-refractivity contribution >= 4 is 11.6 Å². The van der Waals surface area contributed by atoms with Crippen molar-refractivity contribution in [3.8, 4) is 0 Å². The second kappa shape index (κ2) is 7.18. The number of hydrogen-bond donors (Lipinski definition) is 1. The molecular weight excluding hydrogens is 434 g/mol. The summed E-state index contributed by atoms with van der Waals surface area (Å²) in [7, 11) is 0. The smallest absolute Gasteiger partial charge is 0.226 e. The van der Waals surface area contributed by atoms with Gasteiger partial charge >= 0.3 is 0 Å². The third-order valence-electron chi connectivity index (χ3n) is 12.5. The van der Waals surface area contributed by atoms with Crippen LogP contribution in [0.5, 0.6) is 0 Å². The minimum absolute atomic E-state index is 0.0381. The summed E-state index contributed by atoms with van der Waals surface area (Å²) in [4.78, 5) is 31.1.